The summed E-state index contributed by atoms with van der Waals surface area (Å²) in [5.74, 6) is 1.71. The van der Waals surface area contributed by atoms with E-state index in [4.69, 9.17) is 9.47 Å². The Morgan fingerprint density at radius 2 is 1.88 bits per heavy atom. The largest absolute Gasteiger partial charge is 0.494 e. The molecule has 90 valence electrons. The van der Waals surface area contributed by atoms with E-state index in [2.05, 4.69) is 19.2 Å². The van der Waals surface area contributed by atoms with Crippen LogP contribution in [0.15, 0.2) is 24.3 Å². The van der Waals surface area contributed by atoms with Crippen LogP contribution in [-0.4, -0.2) is 25.8 Å². The molecule has 0 fully saturated rings. The van der Waals surface area contributed by atoms with Crippen molar-refractivity contribution in [2.24, 2.45) is 0 Å². The van der Waals surface area contributed by atoms with Gasteiger partial charge >= 0.3 is 0 Å². The lowest BCUT2D eigenvalue weighted by atomic mass is 10.3. The van der Waals surface area contributed by atoms with Crippen LogP contribution in [0.3, 0.4) is 0 Å². The van der Waals surface area contributed by atoms with E-state index in [1.807, 2.05) is 31.2 Å². The molecular weight excluding hydrogens is 202 g/mol. The van der Waals surface area contributed by atoms with E-state index in [9.17, 15) is 0 Å². The van der Waals surface area contributed by atoms with E-state index in [1.54, 1.807) is 0 Å². The Kier molecular flexibility index (Phi) is 5.72. The fraction of sp³-hybridized carbons (Fsp3) is 0.538. The molecule has 0 saturated heterocycles. The van der Waals surface area contributed by atoms with Crippen LogP contribution in [0.25, 0.3) is 0 Å². The van der Waals surface area contributed by atoms with E-state index < -0.39 is 0 Å². The second-order valence-corrected chi connectivity index (χ2v) is 3.68. The van der Waals surface area contributed by atoms with Gasteiger partial charge in [-0.15, -0.1) is 0 Å². The summed E-state index contributed by atoms with van der Waals surface area (Å²) in [7, 11) is 0. The summed E-state index contributed by atoms with van der Waals surface area (Å²) in [6.45, 7) is 8.48. The van der Waals surface area contributed by atoms with E-state index >= 15 is 0 Å². The quantitative estimate of drug-likeness (QED) is 0.770. The molecule has 0 aliphatic rings. The van der Waals surface area contributed by atoms with Crippen LogP contribution >= 0.6 is 0 Å². The first-order valence-corrected chi connectivity index (χ1v) is 5.85. The summed E-state index contributed by atoms with van der Waals surface area (Å²) in [5.41, 5.74) is 0. The number of ether oxygens (including phenoxy) is 2. The molecule has 0 aromatic heterocycles. The Hall–Kier alpha value is -1.22. The lowest BCUT2D eigenvalue weighted by Crippen LogP contribution is -2.31. The first-order valence-electron chi connectivity index (χ1n) is 5.85. The van der Waals surface area contributed by atoms with E-state index in [0.717, 1.165) is 18.0 Å². The van der Waals surface area contributed by atoms with Crippen LogP contribution in [0, 0.1) is 0 Å². The molecule has 0 radical (unpaired) electrons. The zero-order valence-corrected chi connectivity index (χ0v) is 10.3. The molecule has 0 spiro atoms. The van der Waals surface area contributed by atoms with E-state index in [-0.39, 0.29) is 0 Å². The van der Waals surface area contributed by atoms with E-state index in [1.165, 1.54) is 0 Å². The lowest BCUT2D eigenvalue weighted by Gasteiger charge is -2.14. The fourth-order valence-corrected chi connectivity index (χ4v) is 1.45. The van der Waals surface area contributed by atoms with Crippen molar-refractivity contribution in [2.75, 3.05) is 19.8 Å². The first kappa shape index (κ1) is 12.8. The molecule has 1 aromatic rings. The standard InChI is InChI=1S/C13H21NO2/c1-4-14-11(3)10-16-13-8-6-7-12(9-13)15-5-2/h6-9,11,14H,4-5,10H2,1-3H3. The summed E-state index contributed by atoms with van der Waals surface area (Å²) < 4.78 is 11.1. The second-order valence-electron chi connectivity index (χ2n) is 3.68. The number of hydrogen-bond donors (Lipinski definition) is 1. The van der Waals surface area contributed by atoms with Crippen molar-refractivity contribution in [3.05, 3.63) is 24.3 Å². The molecule has 1 N–H and O–H groups in total. The number of hydrogen-bond acceptors (Lipinski definition) is 3. The monoisotopic (exact) mass is 223 g/mol. The highest BCUT2D eigenvalue weighted by atomic mass is 16.5. The molecule has 0 heterocycles. The molecule has 1 unspecified atom stereocenters. The van der Waals surface area contributed by atoms with Crippen molar-refractivity contribution in [3.63, 3.8) is 0 Å². The van der Waals surface area contributed by atoms with Gasteiger partial charge in [0, 0.05) is 12.1 Å². The zero-order chi connectivity index (χ0) is 11.8. The van der Waals surface area contributed by atoms with Gasteiger partial charge in [-0.25, -0.2) is 0 Å². The van der Waals surface area contributed by atoms with Gasteiger partial charge in [0.05, 0.1) is 6.61 Å². The number of nitrogens with one attached hydrogen (secondary N) is 1. The van der Waals surface area contributed by atoms with E-state index in [0.29, 0.717) is 19.3 Å². The minimum atomic E-state index is 0.362. The number of rotatable bonds is 7. The van der Waals surface area contributed by atoms with Gasteiger partial charge in [-0.2, -0.15) is 0 Å². The van der Waals surface area contributed by atoms with Crippen molar-refractivity contribution in [1.82, 2.24) is 5.32 Å². The Labute approximate surface area is 97.8 Å². The highest BCUT2D eigenvalue weighted by molar-refractivity contribution is 5.32. The van der Waals surface area contributed by atoms with Crippen LogP contribution in [0.5, 0.6) is 11.5 Å². The topological polar surface area (TPSA) is 30.5 Å². The van der Waals surface area contributed by atoms with Crippen molar-refractivity contribution in [2.45, 2.75) is 26.8 Å². The van der Waals surface area contributed by atoms with Crippen LogP contribution in [0.2, 0.25) is 0 Å². The number of benzene rings is 1. The van der Waals surface area contributed by atoms with Gasteiger partial charge in [0.15, 0.2) is 0 Å². The van der Waals surface area contributed by atoms with Gasteiger partial charge in [-0.1, -0.05) is 13.0 Å². The van der Waals surface area contributed by atoms with Crippen molar-refractivity contribution >= 4 is 0 Å². The minimum absolute atomic E-state index is 0.362. The summed E-state index contributed by atoms with van der Waals surface area (Å²) in [5, 5.41) is 3.30. The number of likely N-dealkylation sites (N-methyl/N-ethyl adjacent to an activating group) is 1. The Morgan fingerprint density at radius 3 is 2.50 bits per heavy atom. The maximum atomic E-state index is 5.66. The molecule has 3 nitrogen and oxygen atoms in total. The van der Waals surface area contributed by atoms with Crippen LogP contribution in [-0.2, 0) is 0 Å². The molecule has 1 atom stereocenters. The SMILES string of the molecule is CCNC(C)COc1cccc(OCC)c1. The fourth-order valence-electron chi connectivity index (χ4n) is 1.45. The Bertz CT molecular complexity index is 302. The van der Waals surface area contributed by atoms with Crippen molar-refractivity contribution in [3.8, 4) is 11.5 Å². The third kappa shape index (κ3) is 4.53. The molecule has 16 heavy (non-hydrogen) atoms. The normalized spacial score (nSPS) is 12.2. The molecular formula is C13H21NO2. The average molecular weight is 223 g/mol. The second kappa shape index (κ2) is 7.12. The molecule has 0 bridgehead atoms. The summed E-state index contributed by atoms with van der Waals surface area (Å²) in [6, 6.07) is 8.10. The smallest absolute Gasteiger partial charge is 0.123 e. The van der Waals surface area contributed by atoms with Gasteiger partial charge in [0.2, 0.25) is 0 Å². The van der Waals surface area contributed by atoms with Gasteiger partial charge in [-0.05, 0) is 32.5 Å². The Morgan fingerprint density at radius 1 is 1.19 bits per heavy atom. The summed E-state index contributed by atoms with van der Waals surface area (Å²) >= 11 is 0. The predicted octanol–water partition coefficient (Wildman–Crippen LogP) is 2.46. The molecule has 0 amide bonds. The van der Waals surface area contributed by atoms with Gasteiger partial charge in [-0.3, -0.25) is 0 Å². The average Bonchev–Trinajstić information content (AvgIpc) is 2.28. The maximum Gasteiger partial charge on any atom is 0.123 e. The Balaban J connectivity index is 2.44. The highest BCUT2D eigenvalue weighted by Gasteiger charge is 2.01. The van der Waals surface area contributed by atoms with Gasteiger partial charge in [0.25, 0.3) is 0 Å². The first-order chi connectivity index (χ1) is 7.76. The molecule has 1 rings (SSSR count). The zero-order valence-electron chi connectivity index (χ0n) is 10.3. The van der Waals surface area contributed by atoms with Crippen LogP contribution < -0.4 is 14.8 Å². The molecule has 0 saturated carbocycles. The third-order valence-corrected chi connectivity index (χ3v) is 2.17. The van der Waals surface area contributed by atoms with Crippen LogP contribution in [0.4, 0.5) is 0 Å². The lowest BCUT2D eigenvalue weighted by molar-refractivity contribution is 0.272. The third-order valence-electron chi connectivity index (χ3n) is 2.17. The van der Waals surface area contributed by atoms with Gasteiger partial charge < -0.3 is 14.8 Å². The molecule has 0 aliphatic carbocycles. The van der Waals surface area contributed by atoms with Gasteiger partial charge in [0.1, 0.15) is 18.1 Å². The predicted molar refractivity (Wildman–Crippen MR) is 66.2 cm³/mol. The maximum absolute atomic E-state index is 5.66. The molecule has 0 aliphatic heterocycles. The van der Waals surface area contributed by atoms with Crippen LogP contribution in [0.1, 0.15) is 20.8 Å². The minimum Gasteiger partial charge on any atom is -0.494 e. The molecule has 1 aromatic carbocycles. The molecule has 3 heteroatoms. The van der Waals surface area contributed by atoms with Crippen molar-refractivity contribution < 1.29 is 9.47 Å². The van der Waals surface area contributed by atoms with Crippen molar-refractivity contribution in [1.29, 1.82) is 0 Å². The summed E-state index contributed by atoms with van der Waals surface area (Å²) in [4.78, 5) is 0. The highest BCUT2D eigenvalue weighted by Crippen LogP contribution is 2.19. The summed E-state index contributed by atoms with van der Waals surface area (Å²) in [6.07, 6.45) is 0.